The van der Waals surface area contributed by atoms with Crippen molar-refractivity contribution in [1.29, 1.82) is 0 Å². The first-order valence-electron chi connectivity index (χ1n) is 10.1. The molecule has 1 aliphatic rings. The number of ether oxygens (including phenoxy) is 2. The maximum atomic E-state index is 12.3. The van der Waals surface area contributed by atoms with Crippen LogP contribution in [0.4, 0.5) is 0 Å². The van der Waals surface area contributed by atoms with Gasteiger partial charge >= 0.3 is 0 Å². The van der Waals surface area contributed by atoms with Crippen molar-refractivity contribution in [3.63, 3.8) is 0 Å². The molecular formula is C23H30N4O3. The van der Waals surface area contributed by atoms with Gasteiger partial charge in [0.2, 0.25) is 0 Å². The van der Waals surface area contributed by atoms with E-state index in [1.54, 1.807) is 14.2 Å². The maximum Gasteiger partial charge on any atom is 0.254 e. The van der Waals surface area contributed by atoms with Gasteiger partial charge in [0.1, 0.15) is 0 Å². The summed E-state index contributed by atoms with van der Waals surface area (Å²) in [4.78, 5) is 16.9. The van der Waals surface area contributed by atoms with Crippen LogP contribution in [0.3, 0.4) is 0 Å². The molecule has 1 heterocycles. The predicted octanol–water partition coefficient (Wildman–Crippen LogP) is 2.36. The fraction of sp³-hybridized carbons (Fsp3) is 0.391. The van der Waals surface area contributed by atoms with Crippen molar-refractivity contribution >= 4 is 11.6 Å². The largest absolute Gasteiger partial charge is 0.493 e. The van der Waals surface area contributed by atoms with Crippen molar-refractivity contribution in [2.75, 3.05) is 46.9 Å². The van der Waals surface area contributed by atoms with Gasteiger partial charge in [-0.05, 0) is 30.7 Å². The molecular weight excluding hydrogens is 380 g/mol. The molecule has 160 valence electrons. The molecule has 1 fully saturated rings. The van der Waals surface area contributed by atoms with Crippen LogP contribution in [0, 0.1) is 0 Å². The number of carbonyl (C=O) groups excluding carboxylic acids is 1. The Morgan fingerprint density at radius 1 is 0.967 bits per heavy atom. The minimum absolute atomic E-state index is 0.105. The molecule has 0 bridgehead atoms. The summed E-state index contributed by atoms with van der Waals surface area (Å²) in [6.45, 7) is 6.81. The first-order chi connectivity index (χ1) is 14.6. The topological polar surface area (TPSA) is 66.4 Å². The second kappa shape index (κ2) is 10.8. The lowest BCUT2D eigenvalue weighted by molar-refractivity contribution is -0.122. The third-order valence-electron chi connectivity index (χ3n) is 5.23. The van der Waals surface area contributed by atoms with Gasteiger partial charge in [0.15, 0.2) is 11.5 Å². The lowest BCUT2D eigenvalue weighted by Crippen LogP contribution is -2.48. The maximum absolute atomic E-state index is 12.3. The van der Waals surface area contributed by atoms with Gasteiger partial charge in [-0.25, -0.2) is 5.43 Å². The van der Waals surface area contributed by atoms with Gasteiger partial charge in [-0.15, -0.1) is 0 Å². The summed E-state index contributed by atoms with van der Waals surface area (Å²) in [5.41, 5.74) is 5.56. The zero-order valence-corrected chi connectivity index (χ0v) is 17.9. The molecule has 0 unspecified atom stereocenters. The number of rotatable bonds is 8. The number of nitrogens with one attached hydrogen (secondary N) is 1. The van der Waals surface area contributed by atoms with E-state index in [2.05, 4.69) is 44.6 Å². The fourth-order valence-electron chi connectivity index (χ4n) is 3.46. The smallest absolute Gasteiger partial charge is 0.254 e. The third-order valence-corrected chi connectivity index (χ3v) is 5.23. The minimum Gasteiger partial charge on any atom is -0.493 e. The molecule has 1 aliphatic heterocycles. The number of carbonyl (C=O) groups is 1. The molecule has 0 aromatic heterocycles. The molecule has 1 amide bonds. The number of hydrogen-bond donors (Lipinski definition) is 1. The molecule has 0 spiro atoms. The van der Waals surface area contributed by atoms with Gasteiger partial charge in [0.05, 0.1) is 26.5 Å². The van der Waals surface area contributed by atoms with Crippen LogP contribution in [0.25, 0.3) is 0 Å². The zero-order chi connectivity index (χ0) is 21.3. The van der Waals surface area contributed by atoms with Crippen LogP contribution in [-0.2, 0) is 11.3 Å². The van der Waals surface area contributed by atoms with Gasteiger partial charge < -0.3 is 9.47 Å². The Balaban J connectivity index is 1.45. The molecule has 0 radical (unpaired) electrons. The summed E-state index contributed by atoms with van der Waals surface area (Å²) in [6, 6.07) is 16.0. The molecule has 0 saturated carbocycles. The molecule has 2 aromatic carbocycles. The van der Waals surface area contributed by atoms with E-state index in [9.17, 15) is 4.79 Å². The summed E-state index contributed by atoms with van der Waals surface area (Å²) < 4.78 is 10.6. The quantitative estimate of drug-likeness (QED) is 0.535. The Bertz CT molecular complexity index is 862. The van der Waals surface area contributed by atoms with Crippen molar-refractivity contribution in [3.05, 3.63) is 59.7 Å². The van der Waals surface area contributed by atoms with E-state index in [1.807, 2.05) is 31.2 Å². The summed E-state index contributed by atoms with van der Waals surface area (Å²) in [6.07, 6.45) is 0. The van der Waals surface area contributed by atoms with E-state index in [-0.39, 0.29) is 5.91 Å². The van der Waals surface area contributed by atoms with E-state index < -0.39 is 0 Å². The number of nitrogens with zero attached hydrogens (tertiary/aromatic N) is 3. The van der Waals surface area contributed by atoms with Crippen molar-refractivity contribution in [2.24, 2.45) is 5.10 Å². The fourth-order valence-corrected chi connectivity index (χ4v) is 3.46. The van der Waals surface area contributed by atoms with Crippen LogP contribution >= 0.6 is 0 Å². The predicted molar refractivity (Wildman–Crippen MR) is 118 cm³/mol. The molecule has 0 atom stereocenters. The highest BCUT2D eigenvalue weighted by Crippen LogP contribution is 2.27. The van der Waals surface area contributed by atoms with E-state index in [0.29, 0.717) is 23.8 Å². The number of piperazine rings is 1. The first kappa shape index (κ1) is 21.8. The van der Waals surface area contributed by atoms with Gasteiger partial charge in [0.25, 0.3) is 5.91 Å². The van der Waals surface area contributed by atoms with Gasteiger partial charge in [-0.3, -0.25) is 14.6 Å². The third kappa shape index (κ3) is 6.05. The average molecular weight is 411 g/mol. The van der Waals surface area contributed by atoms with Crippen molar-refractivity contribution < 1.29 is 14.3 Å². The van der Waals surface area contributed by atoms with Gasteiger partial charge in [-0.2, -0.15) is 5.10 Å². The van der Waals surface area contributed by atoms with Gasteiger partial charge in [-0.1, -0.05) is 30.3 Å². The monoisotopic (exact) mass is 410 g/mol. The summed E-state index contributed by atoms with van der Waals surface area (Å²) in [5.74, 6) is 1.18. The standard InChI is InChI=1S/C23H30N4O3/c1-18(20-9-10-21(29-2)22(15-20)30-3)24-25-23(28)17-27-13-11-26(12-14-27)16-19-7-5-4-6-8-19/h4-10,15H,11-14,16-17H2,1-3H3,(H,25,28)/b24-18+. The molecule has 1 N–H and O–H groups in total. The summed E-state index contributed by atoms with van der Waals surface area (Å²) >= 11 is 0. The highest BCUT2D eigenvalue weighted by atomic mass is 16.5. The van der Waals surface area contributed by atoms with Crippen LogP contribution in [0.2, 0.25) is 0 Å². The number of amides is 1. The first-order valence-corrected chi connectivity index (χ1v) is 10.1. The van der Waals surface area contributed by atoms with Crippen LogP contribution < -0.4 is 14.9 Å². The highest BCUT2D eigenvalue weighted by molar-refractivity contribution is 5.99. The Morgan fingerprint density at radius 3 is 2.30 bits per heavy atom. The second-order valence-corrected chi connectivity index (χ2v) is 7.34. The molecule has 7 heteroatoms. The molecule has 0 aliphatic carbocycles. The van der Waals surface area contributed by atoms with E-state index in [4.69, 9.17) is 9.47 Å². The molecule has 1 saturated heterocycles. The lowest BCUT2D eigenvalue weighted by atomic mass is 10.1. The second-order valence-electron chi connectivity index (χ2n) is 7.34. The van der Waals surface area contributed by atoms with E-state index in [1.165, 1.54) is 5.56 Å². The average Bonchev–Trinajstić information content (AvgIpc) is 2.79. The number of hydrazone groups is 1. The number of hydrogen-bond acceptors (Lipinski definition) is 6. The Kier molecular flexibility index (Phi) is 7.82. The Morgan fingerprint density at radius 2 is 1.63 bits per heavy atom. The Labute approximate surface area is 178 Å². The van der Waals surface area contributed by atoms with Crippen molar-refractivity contribution in [3.8, 4) is 11.5 Å². The molecule has 30 heavy (non-hydrogen) atoms. The van der Waals surface area contributed by atoms with Crippen LogP contribution in [0.1, 0.15) is 18.1 Å². The van der Waals surface area contributed by atoms with Crippen molar-refractivity contribution in [2.45, 2.75) is 13.5 Å². The van der Waals surface area contributed by atoms with E-state index in [0.717, 1.165) is 38.3 Å². The zero-order valence-electron chi connectivity index (χ0n) is 17.9. The number of methoxy groups -OCH3 is 2. The van der Waals surface area contributed by atoms with Crippen LogP contribution in [0.5, 0.6) is 11.5 Å². The summed E-state index contributed by atoms with van der Waals surface area (Å²) in [5, 5.41) is 4.25. The summed E-state index contributed by atoms with van der Waals surface area (Å²) in [7, 11) is 3.19. The highest BCUT2D eigenvalue weighted by Gasteiger charge is 2.19. The Hall–Kier alpha value is -2.90. The normalized spacial score (nSPS) is 15.6. The molecule has 3 rings (SSSR count). The SMILES string of the molecule is COc1ccc(/C(C)=N/NC(=O)CN2CCN(Cc3ccccc3)CC2)cc1OC. The molecule has 7 nitrogen and oxygen atoms in total. The lowest BCUT2D eigenvalue weighted by Gasteiger charge is -2.34. The van der Waals surface area contributed by atoms with E-state index >= 15 is 0 Å². The van der Waals surface area contributed by atoms with Crippen molar-refractivity contribution in [1.82, 2.24) is 15.2 Å². The van der Waals surface area contributed by atoms with Crippen LogP contribution in [0.15, 0.2) is 53.6 Å². The van der Waals surface area contributed by atoms with Gasteiger partial charge in [0, 0.05) is 38.3 Å². The van der Waals surface area contributed by atoms with Crippen LogP contribution in [-0.4, -0.2) is 68.4 Å². The molecule has 2 aromatic rings. The minimum atomic E-state index is -0.105. The number of benzene rings is 2.